The Kier molecular flexibility index (Phi) is 22.0. The summed E-state index contributed by atoms with van der Waals surface area (Å²) in [6.07, 6.45) is 12.5. The average molecular weight is 855 g/mol. The topological polar surface area (TPSA) is 191 Å². The second-order valence-electron chi connectivity index (χ2n) is 16.8. The molecule has 1 saturated carbocycles. The van der Waals surface area contributed by atoms with Gasteiger partial charge in [0.1, 0.15) is 17.1 Å². The van der Waals surface area contributed by atoms with Crippen LogP contribution in [0.25, 0.3) is 0 Å². The number of benzene rings is 3. The highest BCUT2D eigenvalue weighted by Crippen LogP contribution is 2.36. The van der Waals surface area contributed by atoms with Crippen molar-refractivity contribution in [2.45, 2.75) is 129 Å². The zero-order valence-corrected chi connectivity index (χ0v) is 37.7. The van der Waals surface area contributed by atoms with E-state index in [0.717, 1.165) is 53.6 Å². The van der Waals surface area contributed by atoms with Gasteiger partial charge in [-0.3, -0.25) is 21.3 Å². The number of phenols is 1. The third kappa shape index (κ3) is 14.9. The fraction of sp³-hybridized carbons (Fsp3) is 0.520. The van der Waals surface area contributed by atoms with Gasteiger partial charge in [0, 0.05) is 62.8 Å². The van der Waals surface area contributed by atoms with Crippen molar-refractivity contribution in [3.05, 3.63) is 131 Å². The molecule has 0 aliphatic heterocycles. The van der Waals surface area contributed by atoms with Crippen molar-refractivity contribution in [3.8, 4) is 5.75 Å². The number of allylic oxidation sites excluding steroid dienone is 1. The zero-order valence-electron chi connectivity index (χ0n) is 37.7. The number of nitrogens with two attached hydrogens (primary N) is 1. The molecule has 0 saturated heterocycles. The number of nitrogens with one attached hydrogen (secondary N) is 7. The molecule has 1 fully saturated rings. The Balaban J connectivity index is 2.01. The molecule has 13 N–H and O–H groups in total. The Morgan fingerprint density at radius 3 is 2.16 bits per heavy atom. The molecule has 0 aromatic heterocycles. The van der Waals surface area contributed by atoms with Crippen LogP contribution in [-0.4, -0.2) is 70.8 Å². The fourth-order valence-corrected chi connectivity index (χ4v) is 8.35. The van der Waals surface area contributed by atoms with E-state index in [1.165, 1.54) is 19.3 Å². The Morgan fingerprint density at radius 1 is 0.823 bits per heavy atom. The summed E-state index contributed by atoms with van der Waals surface area (Å²) < 4.78 is 0. The molecular formula is C50H78N8O4. The molecule has 3 aromatic rings. The van der Waals surface area contributed by atoms with Gasteiger partial charge in [-0.25, -0.2) is 0 Å². The minimum Gasteiger partial charge on any atom is -0.508 e. The zero-order chi connectivity index (χ0) is 44.6. The molecular weight excluding hydrogens is 777 g/mol. The summed E-state index contributed by atoms with van der Waals surface area (Å²) >= 11 is 0. The highest BCUT2D eigenvalue weighted by atomic mass is 16.3. The lowest BCUT2D eigenvalue weighted by molar-refractivity contribution is -0.111. The van der Waals surface area contributed by atoms with E-state index in [2.05, 4.69) is 62.9 Å². The average Bonchev–Trinajstić information content (AvgIpc) is 3.28. The van der Waals surface area contributed by atoms with Gasteiger partial charge < -0.3 is 42.1 Å². The van der Waals surface area contributed by atoms with Gasteiger partial charge in [-0.2, -0.15) is 0 Å². The van der Waals surface area contributed by atoms with Crippen LogP contribution in [0.4, 0.5) is 5.69 Å². The Hall–Kier alpha value is -4.24. The van der Waals surface area contributed by atoms with Crippen molar-refractivity contribution in [3.63, 3.8) is 0 Å². The Labute approximate surface area is 372 Å². The van der Waals surface area contributed by atoms with E-state index in [1.807, 2.05) is 80.7 Å². The van der Waals surface area contributed by atoms with Gasteiger partial charge in [-0.05, 0) is 107 Å². The van der Waals surface area contributed by atoms with Gasteiger partial charge in [0.2, 0.25) is 0 Å². The van der Waals surface area contributed by atoms with Crippen LogP contribution < -0.4 is 43.0 Å². The van der Waals surface area contributed by atoms with Crippen LogP contribution in [0, 0.1) is 12.8 Å². The SMILES string of the molecule is C=C(C)CCNC(N)C(NCc1ccccc1)(C(CCO)=C(NCc1ccccc1)NCC1CCCCC1)C(O)(NCCCCCO)NCc1ccc(O)c(C)c1N/C=C/CC. The minimum atomic E-state index is -2.00. The van der Waals surface area contributed by atoms with Crippen molar-refractivity contribution >= 4 is 5.69 Å². The van der Waals surface area contributed by atoms with Crippen molar-refractivity contribution in [2.24, 2.45) is 11.7 Å². The summed E-state index contributed by atoms with van der Waals surface area (Å²) in [4.78, 5) is 0. The summed E-state index contributed by atoms with van der Waals surface area (Å²) in [5.74, 6) is -0.683. The predicted molar refractivity (Wildman–Crippen MR) is 255 cm³/mol. The molecule has 12 heteroatoms. The second-order valence-corrected chi connectivity index (χ2v) is 16.8. The molecule has 62 heavy (non-hydrogen) atoms. The molecule has 342 valence electrons. The summed E-state index contributed by atoms with van der Waals surface area (Å²) in [6, 6.07) is 23.8. The second kappa shape index (κ2) is 27.1. The first-order chi connectivity index (χ1) is 30.1. The van der Waals surface area contributed by atoms with E-state index in [-0.39, 0.29) is 31.9 Å². The standard InChI is InChI=1S/C50H78N8O4/c1-5-6-29-52-46-39(4)45(61)26-25-43(46)37-58-50(62,56-30-17-10-18-32-59)49(48(51)53-31-27-38(2)3,57-36-42-23-15-9-16-24-42)44(28-33-60)47(54-34-40-19-11-7-12-20-40)55-35-41-21-13-8-14-22-41/h6-7,9,11-12,15-16,19-20,23-26,29,41,48,52-62H,2,5,8,10,13-14,17-18,21-22,27-28,30-37,51H2,1,3-4H3/b29-6+,47-44?. The van der Waals surface area contributed by atoms with Crippen molar-refractivity contribution in [1.29, 1.82) is 0 Å². The first-order valence-electron chi connectivity index (χ1n) is 22.9. The fourth-order valence-electron chi connectivity index (χ4n) is 8.35. The van der Waals surface area contributed by atoms with E-state index >= 15 is 0 Å². The van der Waals surface area contributed by atoms with Gasteiger partial charge in [0.25, 0.3) is 0 Å². The smallest absolute Gasteiger partial charge is 0.198 e. The molecule has 0 radical (unpaired) electrons. The van der Waals surface area contributed by atoms with Gasteiger partial charge in [0.05, 0.1) is 6.17 Å². The van der Waals surface area contributed by atoms with Crippen LogP contribution in [0.1, 0.15) is 107 Å². The maximum absolute atomic E-state index is 13.9. The first-order valence-corrected chi connectivity index (χ1v) is 22.9. The molecule has 0 heterocycles. The van der Waals surface area contributed by atoms with Crippen molar-refractivity contribution in [2.75, 3.05) is 38.2 Å². The number of aromatic hydroxyl groups is 1. The van der Waals surface area contributed by atoms with Crippen LogP contribution in [0.15, 0.2) is 109 Å². The lowest BCUT2D eigenvalue weighted by atomic mass is 9.77. The molecule has 1 aliphatic rings. The third-order valence-corrected chi connectivity index (χ3v) is 12.0. The number of rotatable bonds is 30. The van der Waals surface area contributed by atoms with Crippen LogP contribution in [0.3, 0.4) is 0 Å². The minimum absolute atomic E-state index is 0.0809. The third-order valence-electron chi connectivity index (χ3n) is 12.0. The van der Waals surface area contributed by atoms with E-state index in [9.17, 15) is 20.4 Å². The van der Waals surface area contributed by atoms with Gasteiger partial charge in [-0.1, -0.05) is 105 Å². The number of aliphatic hydroxyl groups is 3. The first kappa shape index (κ1) is 50.4. The Bertz CT molecular complexity index is 1800. The summed E-state index contributed by atoms with van der Waals surface area (Å²) in [5, 5.41) is 71.1. The Morgan fingerprint density at radius 2 is 1.52 bits per heavy atom. The largest absolute Gasteiger partial charge is 0.508 e. The molecule has 4 rings (SSSR count). The molecule has 3 aromatic carbocycles. The van der Waals surface area contributed by atoms with Crippen LogP contribution in [0.5, 0.6) is 5.75 Å². The monoisotopic (exact) mass is 855 g/mol. The molecule has 0 amide bonds. The van der Waals surface area contributed by atoms with E-state index in [1.54, 1.807) is 6.07 Å². The molecule has 3 atom stereocenters. The van der Waals surface area contributed by atoms with Crippen molar-refractivity contribution < 1.29 is 20.4 Å². The van der Waals surface area contributed by atoms with Crippen molar-refractivity contribution in [1.82, 2.24) is 31.9 Å². The normalized spacial score (nSPS) is 16.3. The van der Waals surface area contributed by atoms with E-state index in [4.69, 9.17) is 5.73 Å². The number of hydrogen-bond acceptors (Lipinski definition) is 12. The molecule has 0 bridgehead atoms. The van der Waals surface area contributed by atoms with Crippen LogP contribution in [-0.2, 0) is 19.6 Å². The van der Waals surface area contributed by atoms with Gasteiger partial charge >= 0.3 is 0 Å². The molecule has 1 aliphatic carbocycles. The highest BCUT2D eigenvalue weighted by molar-refractivity contribution is 5.63. The number of hydrogen-bond donors (Lipinski definition) is 12. The van der Waals surface area contributed by atoms with Crippen LogP contribution in [0.2, 0.25) is 0 Å². The molecule has 12 nitrogen and oxygen atoms in total. The van der Waals surface area contributed by atoms with E-state index in [0.29, 0.717) is 74.9 Å². The van der Waals surface area contributed by atoms with E-state index < -0.39 is 17.6 Å². The summed E-state index contributed by atoms with van der Waals surface area (Å²) in [5.41, 5.74) is 11.9. The summed E-state index contributed by atoms with van der Waals surface area (Å²) in [6.45, 7) is 12.5. The molecule has 0 spiro atoms. The maximum atomic E-state index is 13.9. The lowest BCUT2D eigenvalue weighted by Gasteiger charge is -2.53. The maximum Gasteiger partial charge on any atom is 0.198 e. The van der Waals surface area contributed by atoms with Gasteiger partial charge in [0.15, 0.2) is 5.85 Å². The quantitative estimate of drug-likeness (QED) is 0.0200. The summed E-state index contributed by atoms with van der Waals surface area (Å²) in [7, 11) is 0. The number of aliphatic hydroxyl groups excluding tert-OH is 2. The molecule has 3 unspecified atom stereocenters. The van der Waals surface area contributed by atoms with Crippen LogP contribution >= 0.6 is 0 Å². The predicted octanol–water partition coefficient (Wildman–Crippen LogP) is 6.45. The lowest BCUT2D eigenvalue weighted by Crippen LogP contribution is -2.84. The van der Waals surface area contributed by atoms with Gasteiger partial charge in [-0.15, -0.1) is 6.58 Å². The number of phenolic OH excluding ortho intramolecular Hbond substituents is 1. The number of unbranched alkanes of at least 4 members (excludes halogenated alkanes) is 2. The highest BCUT2D eigenvalue weighted by Gasteiger charge is 2.57. The number of anilines is 1.